The van der Waals surface area contributed by atoms with Gasteiger partial charge in [-0.2, -0.15) is 10.1 Å². The first-order chi connectivity index (χ1) is 11.9. The van der Waals surface area contributed by atoms with Crippen molar-refractivity contribution in [3.05, 3.63) is 47.2 Å². The number of rotatable bonds is 4. The van der Waals surface area contributed by atoms with E-state index >= 15 is 0 Å². The van der Waals surface area contributed by atoms with E-state index in [-0.39, 0.29) is 13.2 Å². The number of hydrazone groups is 1. The van der Waals surface area contributed by atoms with Crippen LogP contribution in [0.4, 0.5) is 4.79 Å². The molecule has 6 nitrogen and oxygen atoms in total. The van der Waals surface area contributed by atoms with Gasteiger partial charge in [0.2, 0.25) is 0 Å². The molecule has 1 aliphatic heterocycles. The van der Waals surface area contributed by atoms with Crippen LogP contribution in [0.1, 0.15) is 40.2 Å². The maximum atomic E-state index is 12.8. The molecule has 1 atom stereocenters. The zero-order chi connectivity index (χ0) is 18.6. The molecule has 1 aliphatic rings. The van der Waals surface area contributed by atoms with Gasteiger partial charge >= 0.3 is 12.1 Å². The fourth-order valence-electron chi connectivity index (χ4n) is 3.02. The van der Waals surface area contributed by atoms with Crippen LogP contribution in [0.3, 0.4) is 0 Å². The molecule has 2 rings (SSSR count). The lowest BCUT2D eigenvalue weighted by Crippen LogP contribution is -2.45. The van der Waals surface area contributed by atoms with Crippen molar-refractivity contribution < 1.29 is 19.1 Å². The third kappa shape index (κ3) is 3.29. The van der Waals surface area contributed by atoms with Gasteiger partial charge in [-0.1, -0.05) is 30.3 Å². The molecular formula is C19H24N2O4. The Kier molecular flexibility index (Phi) is 5.62. The second-order valence-electron chi connectivity index (χ2n) is 5.87. The molecule has 0 aromatic heterocycles. The summed E-state index contributed by atoms with van der Waals surface area (Å²) in [5.74, 6) is -0.463. The molecule has 0 aliphatic carbocycles. The molecule has 0 N–H and O–H groups in total. The van der Waals surface area contributed by atoms with Crippen LogP contribution in [0.15, 0.2) is 46.7 Å². The van der Waals surface area contributed by atoms with Gasteiger partial charge in [0.1, 0.15) is 0 Å². The number of carbonyl (C=O) groups is 2. The Morgan fingerprint density at radius 3 is 2.24 bits per heavy atom. The van der Waals surface area contributed by atoms with Gasteiger partial charge in [0.05, 0.1) is 35.6 Å². The third-order valence-electron chi connectivity index (χ3n) is 4.42. The standard InChI is InChI=1S/C19H24N2O4/c1-6-24-17(22)16-13(3)21(18(23)25-7-2)20-14(4)19(16,5)15-11-9-8-10-12-15/h8-12H,6-7H2,1-5H3. The maximum Gasteiger partial charge on any atom is 0.434 e. The molecule has 0 radical (unpaired) electrons. The highest BCUT2D eigenvalue weighted by atomic mass is 16.6. The van der Waals surface area contributed by atoms with Crippen LogP contribution in [-0.4, -0.2) is 36.0 Å². The maximum absolute atomic E-state index is 12.8. The number of ether oxygens (including phenoxy) is 2. The van der Waals surface area contributed by atoms with Gasteiger partial charge in [-0.3, -0.25) is 0 Å². The summed E-state index contributed by atoms with van der Waals surface area (Å²) in [5, 5.41) is 5.55. The van der Waals surface area contributed by atoms with Crippen molar-refractivity contribution in [1.29, 1.82) is 0 Å². The fraction of sp³-hybridized carbons (Fsp3) is 0.421. The Balaban J connectivity index is 2.65. The first-order valence-electron chi connectivity index (χ1n) is 8.34. The number of amides is 1. The predicted molar refractivity (Wildman–Crippen MR) is 95.1 cm³/mol. The third-order valence-corrected chi connectivity index (χ3v) is 4.42. The van der Waals surface area contributed by atoms with Crippen LogP contribution < -0.4 is 0 Å². The summed E-state index contributed by atoms with van der Waals surface area (Å²) in [7, 11) is 0. The second-order valence-corrected chi connectivity index (χ2v) is 5.87. The number of carbonyl (C=O) groups excluding carboxylic acids is 2. The number of hydrogen-bond donors (Lipinski definition) is 0. The lowest BCUT2D eigenvalue weighted by Gasteiger charge is -2.38. The SMILES string of the molecule is CCOC(=O)C1=C(C)N(C(=O)OCC)N=C(C)C1(C)c1ccccc1. The Bertz CT molecular complexity index is 724. The van der Waals surface area contributed by atoms with Gasteiger partial charge in [0.15, 0.2) is 0 Å². The van der Waals surface area contributed by atoms with Crippen molar-refractivity contribution in [2.45, 2.75) is 40.0 Å². The highest BCUT2D eigenvalue weighted by Crippen LogP contribution is 2.40. The molecule has 0 saturated carbocycles. The minimum atomic E-state index is -0.791. The smallest absolute Gasteiger partial charge is 0.434 e. The zero-order valence-corrected chi connectivity index (χ0v) is 15.3. The molecule has 1 amide bonds. The molecule has 1 aromatic rings. The van der Waals surface area contributed by atoms with E-state index in [9.17, 15) is 9.59 Å². The Labute approximate surface area is 148 Å². The first kappa shape index (κ1) is 18.7. The number of allylic oxidation sites excluding steroid dienone is 1. The largest absolute Gasteiger partial charge is 0.463 e. The quantitative estimate of drug-likeness (QED) is 0.782. The summed E-state index contributed by atoms with van der Waals surface area (Å²) in [6.45, 7) is 9.33. The van der Waals surface area contributed by atoms with Gasteiger partial charge in [-0.25, -0.2) is 9.59 Å². The Morgan fingerprint density at radius 1 is 1.08 bits per heavy atom. The summed E-state index contributed by atoms with van der Waals surface area (Å²) in [6.07, 6.45) is -0.615. The normalized spacial score (nSPS) is 20.2. The topological polar surface area (TPSA) is 68.2 Å². The monoisotopic (exact) mass is 344 g/mol. The number of benzene rings is 1. The summed E-state index contributed by atoms with van der Waals surface area (Å²) in [5.41, 5.74) is 1.53. The Hall–Kier alpha value is -2.63. The van der Waals surface area contributed by atoms with Crippen LogP contribution in [-0.2, 0) is 19.7 Å². The fourth-order valence-corrected chi connectivity index (χ4v) is 3.02. The van der Waals surface area contributed by atoms with E-state index < -0.39 is 17.5 Å². The molecule has 0 bridgehead atoms. The van der Waals surface area contributed by atoms with E-state index in [0.717, 1.165) is 10.6 Å². The molecular weight excluding hydrogens is 320 g/mol. The lowest BCUT2D eigenvalue weighted by atomic mass is 9.71. The first-order valence-corrected chi connectivity index (χ1v) is 8.34. The van der Waals surface area contributed by atoms with Gasteiger partial charge in [0, 0.05) is 0 Å². The van der Waals surface area contributed by atoms with Gasteiger partial charge in [-0.05, 0) is 40.2 Å². The van der Waals surface area contributed by atoms with Crippen LogP contribution >= 0.6 is 0 Å². The Morgan fingerprint density at radius 2 is 1.68 bits per heavy atom. The molecule has 1 heterocycles. The van der Waals surface area contributed by atoms with Crippen LogP contribution in [0.2, 0.25) is 0 Å². The van der Waals surface area contributed by atoms with Gasteiger partial charge in [-0.15, -0.1) is 0 Å². The van der Waals surface area contributed by atoms with E-state index in [1.165, 1.54) is 0 Å². The van der Waals surface area contributed by atoms with Crippen molar-refractivity contribution in [3.8, 4) is 0 Å². The molecule has 0 saturated heterocycles. The van der Waals surface area contributed by atoms with Crippen LogP contribution in [0.25, 0.3) is 0 Å². The van der Waals surface area contributed by atoms with E-state index in [2.05, 4.69) is 5.10 Å². The van der Waals surface area contributed by atoms with E-state index in [0.29, 0.717) is 17.0 Å². The number of nitrogens with zero attached hydrogens (tertiary/aromatic N) is 2. The van der Waals surface area contributed by atoms with Gasteiger partial charge < -0.3 is 9.47 Å². The minimum absolute atomic E-state index is 0.224. The number of esters is 1. The van der Waals surface area contributed by atoms with Crippen molar-refractivity contribution >= 4 is 17.8 Å². The number of hydrogen-bond acceptors (Lipinski definition) is 5. The molecule has 6 heteroatoms. The molecule has 1 unspecified atom stereocenters. The summed E-state index contributed by atoms with van der Waals surface area (Å²) in [4.78, 5) is 25.0. The molecule has 134 valence electrons. The minimum Gasteiger partial charge on any atom is -0.463 e. The second kappa shape index (κ2) is 7.51. The van der Waals surface area contributed by atoms with E-state index in [4.69, 9.17) is 9.47 Å². The van der Waals surface area contributed by atoms with Crippen molar-refractivity contribution in [1.82, 2.24) is 5.01 Å². The van der Waals surface area contributed by atoms with E-state index in [1.807, 2.05) is 37.3 Å². The van der Waals surface area contributed by atoms with Gasteiger partial charge in [0.25, 0.3) is 0 Å². The molecule has 0 fully saturated rings. The predicted octanol–water partition coefficient (Wildman–Crippen LogP) is 3.63. The van der Waals surface area contributed by atoms with Crippen LogP contribution in [0.5, 0.6) is 0 Å². The molecule has 1 aromatic carbocycles. The van der Waals surface area contributed by atoms with E-state index in [1.54, 1.807) is 27.7 Å². The highest BCUT2D eigenvalue weighted by Gasteiger charge is 2.45. The average Bonchev–Trinajstić information content (AvgIpc) is 2.59. The molecule has 25 heavy (non-hydrogen) atoms. The van der Waals surface area contributed by atoms with Crippen molar-refractivity contribution in [2.24, 2.45) is 5.10 Å². The zero-order valence-electron chi connectivity index (χ0n) is 15.3. The highest BCUT2D eigenvalue weighted by molar-refractivity contribution is 6.08. The molecule has 0 spiro atoms. The van der Waals surface area contributed by atoms with Crippen molar-refractivity contribution in [2.75, 3.05) is 13.2 Å². The lowest BCUT2D eigenvalue weighted by molar-refractivity contribution is -0.139. The summed E-state index contributed by atoms with van der Waals surface area (Å²) < 4.78 is 10.3. The summed E-state index contributed by atoms with van der Waals surface area (Å²) in [6, 6.07) is 9.60. The summed E-state index contributed by atoms with van der Waals surface area (Å²) >= 11 is 0. The average molecular weight is 344 g/mol. The van der Waals surface area contributed by atoms with Crippen LogP contribution in [0, 0.1) is 0 Å². The van der Waals surface area contributed by atoms with Crippen molar-refractivity contribution in [3.63, 3.8) is 0 Å².